The first kappa shape index (κ1) is 25.7. The van der Waals surface area contributed by atoms with Gasteiger partial charge in [-0.1, -0.05) is 6.07 Å². The predicted molar refractivity (Wildman–Crippen MR) is 131 cm³/mol. The van der Waals surface area contributed by atoms with E-state index < -0.39 is 27.7 Å². The van der Waals surface area contributed by atoms with Gasteiger partial charge in [-0.3, -0.25) is 14.4 Å². The van der Waals surface area contributed by atoms with Crippen LogP contribution in [0.25, 0.3) is 5.65 Å². The summed E-state index contributed by atoms with van der Waals surface area (Å²) in [7, 11) is -3.25. The number of amides is 2. The molecule has 2 aliphatic rings. The van der Waals surface area contributed by atoms with Crippen LogP contribution in [0.3, 0.4) is 0 Å². The van der Waals surface area contributed by atoms with E-state index in [1.54, 1.807) is 18.2 Å². The number of nitrogens with zero attached hydrogens (tertiary/aromatic N) is 4. The van der Waals surface area contributed by atoms with Gasteiger partial charge in [-0.2, -0.15) is 5.10 Å². The van der Waals surface area contributed by atoms with E-state index in [0.29, 0.717) is 31.7 Å². The fourth-order valence-corrected chi connectivity index (χ4v) is 5.43. The Kier molecular flexibility index (Phi) is 6.84. The van der Waals surface area contributed by atoms with Crippen LogP contribution in [-0.2, 0) is 27.8 Å². The first-order valence-electron chi connectivity index (χ1n) is 12.0. The average molecular weight is 545 g/mol. The van der Waals surface area contributed by atoms with E-state index in [0.717, 1.165) is 21.8 Å². The van der Waals surface area contributed by atoms with Crippen LogP contribution < -0.4 is 15.4 Å². The Labute approximate surface area is 217 Å². The number of carbonyl (C=O) groups excluding carboxylic acids is 3. The van der Waals surface area contributed by atoms with Crippen LogP contribution >= 0.6 is 0 Å². The second-order valence-corrected chi connectivity index (χ2v) is 11.3. The van der Waals surface area contributed by atoms with Crippen LogP contribution in [0.15, 0.2) is 30.5 Å². The van der Waals surface area contributed by atoms with Gasteiger partial charge in [0.2, 0.25) is 10.0 Å². The molecule has 2 aromatic heterocycles. The lowest BCUT2D eigenvalue weighted by Gasteiger charge is -2.30. The minimum atomic E-state index is -3.25. The summed E-state index contributed by atoms with van der Waals surface area (Å²) in [6, 6.07) is 6.37. The highest BCUT2D eigenvalue weighted by atomic mass is 32.2. The summed E-state index contributed by atoms with van der Waals surface area (Å²) >= 11 is 0. The van der Waals surface area contributed by atoms with Gasteiger partial charge in [0.25, 0.3) is 11.8 Å². The number of nitrogens with one attached hydrogen (secondary N) is 2. The van der Waals surface area contributed by atoms with Gasteiger partial charge in [-0.15, -0.1) is 0 Å². The molecule has 38 heavy (non-hydrogen) atoms. The summed E-state index contributed by atoms with van der Waals surface area (Å²) in [6.07, 6.45) is 3.42. The SMILES string of the molecule is CS(=O)(=O)N1CCC(CNC(=O)c2cc(C(=O)NCc3ccc4c(c3)CC(=O)O4)nc3c(F)cnn23)CC1. The maximum atomic E-state index is 14.3. The smallest absolute Gasteiger partial charge is 0.315 e. The molecule has 2 aliphatic heterocycles. The summed E-state index contributed by atoms with van der Waals surface area (Å²) in [6.45, 7) is 1.15. The van der Waals surface area contributed by atoms with Crippen LogP contribution in [0.2, 0.25) is 0 Å². The third-order valence-corrected chi connectivity index (χ3v) is 7.93. The molecular formula is C24H25FN6O6S. The molecule has 5 rings (SSSR count). The number of halogens is 1. The summed E-state index contributed by atoms with van der Waals surface area (Å²) in [4.78, 5) is 41.4. The highest BCUT2D eigenvalue weighted by molar-refractivity contribution is 7.88. The van der Waals surface area contributed by atoms with Gasteiger partial charge in [-0.25, -0.2) is 26.6 Å². The predicted octanol–water partition coefficient (Wildman–Crippen LogP) is 0.661. The number of benzene rings is 1. The maximum absolute atomic E-state index is 14.3. The first-order chi connectivity index (χ1) is 18.1. The Balaban J connectivity index is 1.27. The number of esters is 1. The quantitative estimate of drug-likeness (QED) is 0.325. The molecule has 0 atom stereocenters. The van der Waals surface area contributed by atoms with Gasteiger partial charge in [0, 0.05) is 37.8 Å². The Morgan fingerprint density at radius 3 is 2.66 bits per heavy atom. The number of aromatic nitrogens is 3. The number of ether oxygens (including phenoxy) is 1. The molecule has 0 unspecified atom stereocenters. The first-order valence-corrected chi connectivity index (χ1v) is 13.8. The van der Waals surface area contributed by atoms with Gasteiger partial charge in [-0.05, 0) is 36.5 Å². The van der Waals surface area contributed by atoms with Crippen molar-refractivity contribution in [2.24, 2.45) is 5.92 Å². The van der Waals surface area contributed by atoms with Gasteiger partial charge in [0.15, 0.2) is 11.5 Å². The van der Waals surface area contributed by atoms with Gasteiger partial charge in [0.05, 0.1) is 18.9 Å². The Bertz CT molecular complexity index is 1550. The van der Waals surface area contributed by atoms with Crippen molar-refractivity contribution in [1.29, 1.82) is 0 Å². The van der Waals surface area contributed by atoms with Crippen molar-refractivity contribution in [3.8, 4) is 5.75 Å². The number of hydrogen-bond acceptors (Lipinski definition) is 8. The molecule has 1 fully saturated rings. The lowest BCUT2D eigenvalue weighted by molar-refractivity contribution is -0.131. The molecule has 2 amide bonds. The standard InChI is InChI=1S/C24H25FN6O6S/c1-38(35,36)30-6-4-14(5-7-30)11-27-24(34)19-10-18(29-22-17(25)13-28-31(19)22)23(33)26-12-15-2-3-20-16(8-15)9-21(32)37-20/h2-3,8,10,13-14H,4-7,9,11-12H2,1H3,(H,26,33)(H,27,34). The summed E-state index contributed by atoms with van der Waals surface area (Å²) in [5.41, 5.74) is 0.960. The van der Waals surface area contributed by atoms with Crippen LogP contribution in [-0.4, -0.2) is 71.0 Å². The minimum absolute atomic E-state index is 0.0641. The molecule has 1 saturated heterocycles. The van der Waals surface area contributed by atoms with Gasteiger partial charge < -0.3 is 15.4 Å². The molecule has 4 heterocycles. The summed E-state index contributed by atoms with van der Waals surface area (Å²) in [5, 5.41) is 9.36. The number of hydrogen-bond donors (Lipinski definition) is 2. The molecular weight excluding hydrogens is 519 g/mol. The third kappa shape index (κ3) is 5.36. The van der Waals surface area contributed by atoms with Crippen molar-refractivity contribution in [1.82, 2.24) is 29.5 Å². The zero-order valence-corrected chi connectivity index (χ0v) is 21.3. The van der Waals surface area contributed by atoms with Gasteiger partial charge in [0.1, 0.15) is 17.1 Å². The molecule has 200 valence electrons. The van der Waals surface area contributed by atoms with Crippen LogP contribution in [0, 0.1) is 11.7 Å². The monoisotopic (exact) mass is 544 g/mol. The molecule has 14 heteroatoms. The van der Waals surface area contributed by atoms with E-state index in [-0.39, 0.29) is 48.4 Å². The van der Waals surface area contributed by atoms with E-state index in [1.165, 1.54) is 16.6 Å². The molecule has 0 radical (unpaired) electrons. The van der Waals surface area contributed by atoms with E-state index in [2.05, 4.69) is 20.7 Å². The fraction of sp³-hybridized carbons (Fsp3) is 0.375. The number of sulfonamides is 1. The molecule has 0 saturated carbocycles. The number of carbonyl (C=O) groups is 3. The summed E-state index contributed by atoms with van der Waals surface area (Å²) in [5.74, 6) is -1.76. The molecule has 3 aromatic rings. The van der Waals surface area contributed by atoms with E-state index in [4.69, 9.17) is 4.74 Å². The van der Waals surface area contributed by atoms with Crippen molar-refractivity contribution >= 4 is 33.5 Å². The second kappa shape index (κ2) is 10.1. The van der Waals surface area contributed by atoms with Crippen molar-refractivity contribution in [2.45, 2.75) is 25.8 Å². The molecule has 0 bridgehead atoms. The third-order valence-electron chi connectivity index (χ3n) is 6.62. The number of piperidine rings is 1. The van der Waals surface area contributed by atoms with Crippen molar-refractivity contribution < 1.29 is 31.9 Å². The Morgan fingerprint density at radius 2 is 1.92 bits per heavy atom. The lowest BCUT2D eigenvalue weighted by atomic mass is 9.98. The zero-order chi connectivity index (χ0) is 27.0. The Morgan fingerprint density at radius 1 is 1.16 bits per heavy atom. The van der Waals surface area contributed by atoms with E-state index in [9.17, 15) is 27.2 Å². The maximum Gasteiger partial charge on any atom is 0.315 e. The summed E-state index contributed by atoms with van der Waals surface area (Å²) < 4.78 is 45.3. The number of fused-ring (bicyclic) bond motifs is 2. The molecule has 1 aromatic carbocycles. The Hall–Kier alpha value is -3.91. The van der Waals surface area contributed by atoms with Crippen molar-refractivity contribution in [3.05, 3.63) is 58.8 Å². The van der Waals surface area contributed by atoms with Crippen LogP contribution in [0.1, 0.15) is 44.9 Å². The average Bonchev–Trinajstić information content (AvgIpc) is 3.45. The molecule has 2 N–H and O–H groups in total. The molecule has 0 spiro atoms. The second-order valence-electron chi connectivity index (χ2n) is 9.35. The van der Waals surface area contributed by atoms with Crippen molar-refractivity contribution in [2.75, 3.05) is 25.9 Å². The highest BCUT2D eigenvalue weighted by Crippen LogP contribution is 2.26. The highest BCUT2D eigenvalue weighted by Gasteiger charge is 2.26. The normalized spacial score (nSPS) is 16.3. The number of rotatable bonds is 7. The van der Waals surface area contributed by atoms with Gasteiger partial charge >= 0.3 is 5.97 Å². The van der Waals surface area contributed by atoms with Crippen LogP contribution in [0.4, 0.5) is 4.39 Å². The lowest BCUT2D eigenvalue weighted by Crippen LogP contribution is -2.41. The van der Waals surface area contributed by atoms with Crippen LogP contribution in [0.5, 0.6) is 5.75 Å². The van der Waals surface area contributed by atoms with E-state index >= 15 is 0 Å². The van der Waals surface area contributed by atoms with Crippen molar-refractivity contribution in [3.63, 3.8) is 0 Å². The largest absolute Gasteiger partial charge is 0.426 e. The van der Waals surface area contributed by atoms with E-state index in [1.807, 2.05) is 0 Å². The molecule has 0 aliphatic carbocycles. The minimum Gasteiger partial charge on any atom is -0.426 e. The topological polar surface area (TPSA) is 152 Å². The fourth-order valence-electron chi connectivity index (χ4n) is 4.55. The molecule has 12 nitrogen and oxygen atoms in total. The zero-order valence-electron chi connectivity index (χ0n) is 20.4.